The van der Waals surface area contributed by atoms with Gasteiger partial charge in [0.15, 0.2) is 0 Å². The predicted octanol–water partition coefficient (Wildman–Crippen LogP) is 5.07. The molecule has 1 aliphatic heterocycles. The maximum Gasteiger partial charge on any atom is 0.256 e. The molecule has 0 unspecified atom stereocenters. The summed E-state index contributed by atoms with van der Waals surface area (Å²) >= 11 is 12.1. The molecule has 1 N–H and O–H groups in total. The zero-order valence-electron chi connectivity index (χ0n) is 11.2. The molecule has 106 valence electrons. The van der Waals surface area contributed by atoms with E-state index in [1.807, 2.05) is 30.4 Å². The molecule has 1 aromatic carbocycles. The number of carbonyl (C=O) groups is 1. The van der Waals surface area contributed by atoms with E-state index in [1.54, 1.807) is 12.1 Å². The highest BCUT2D eigenvalue weighted by atomic mass is 35.5. The Morgan fingerprint density at radius 2 is 2.10 bits per heavy atom. The van der Waals surface area contributed by atoms with E-state index in [4.69, 9.17) is 23.2 Å². The molecule has 0 bridgehead atoms. The largest absolute Gasteiger partial charge is 0.321 e. The van der Waals surface area contributed by atoms with Gasteiger partial charge in [-0.15, -0.1) is 0 Å². The van der Waals surface area contributed by atoms with Gasteiger partial charge in [0.1, 0.15) is 0 Å². The van der Waals surface area contributed by atoms with Crippen molar-refractivity contribution in [2.45, 2.75) is 12.8 Å². The summed E-state index contributed by atoms with van der Waals surface area (Å²) < 4.78 is 0. The Kier molecular flexibility index (Phi) is 4.00. The van der Waals surface area contributed by atoms with Crippen molar-refractivity contribution in [1.29, 1.82) is 0 Å². The molecule has 3 rings (SSSR count). The van der Waals surface area contributed by atoms with E-state index in [2.05, 4.69) is 11.4 Å². The fourth-order valence-corrected chi connectivity index (χ4v) is 2.77. The Morgan fingerprint density at radius 1 is 1.24 bits per heavy atom. The number of carbonyl (C=O) groups excluding carboxylic acids is 1. The van der Waals surface area contributed by atoms with Crippen LogP contribution >= 0.6 is 23.2 Å². The fourth-order valence-electron chi connectivity index (χ4n) is 2.36. The Labute approximate surface area is 133 Å². The van der Waals surface area contributed by atoms with Crippen LogP contribution in [0.4, 0.5) is 5.69 Å². The van der Waals surface area contributed by atoms with Gasteiger partial charge in [-0.3, -0.25) is 4.79 Å². The van der Waals surface area contributed by atoms with Gasteiger partial charge in [-0.25, -0.2) is 0 Å². The summed E-state index contributed by atoms with van der Waals surface area (Å²) in [5, 5.41) is 4.22. The summed E-state index contributed by atoms with van der Waals surface area (Å²) in [6.07, 6.45) is 11.5. The van der Waals surface area contributed by atoms with E-state index in [1.165, 1.54) is 0 Å². The summed E-state index contributed by atoms with van der Waals surface area (Å²) in [5.41, 5.74) is 3.14. The molecular weight excluding hydrogens is 305 g/mol. The molecule has 0 saturated carbocycles. The predicted molar refractivity (Wildman–Crippen MR) is 88.5 cm³/mol. The van der Waals surface area contributed by atoms with Crippen molar-refractivity contribution in [1.82, 2.24) is 0 Å². The molecule has 0 radical (unpaired) electrons. The van der Waals surface area contributed by atoms with Crippen LogP contribution in [0.5, 0.6) is 0 Å². The number of hydrogen-bond donors (Lipinski definition) is 1. The first-order valence-electron chi connectivity index (χ1n) is 6.69. The molecule has 0 fully saturated rings. The van der Waals surface area contributed by atoms with Crippen LogP contribution in [0, 0.1) is 0 Å². The molecule has 2 aliphatic rings. The molecule has 0 spiro atoms. The number of nitrogens with one attached hydrogen (secondary N) is 1. The molecule has 0 atom stereocenters. The maximum absolute atomic E-state index is 12.1. The van der Waals surface area contributed by atoms with Crippen molar-refractivity contribution in [2.24, 2.45) is 0 Å². The van der Waals surface area contributed by atoms with Gasteiger partial charge in [0.2, 0.25) is 0 Å². The van der Waals surface area contributed by atoms with Gasteiger partial charge >= 0.3 is 0 Å². The standard InChI is InChI=1S/C17H13Cl2NO/c18-12-5-3-1-2-4-11(8-12)9-15-14-7-6-13(19)10-16(14)20-17(15)21/h1-2,4,6-10H,3,5H2,(H,20,21)/b2-1-,11-4?,12-8+,15-9+. The second kappa shape index (κ2) is 5.92. The topological polar surface area (TPSA) is 29.1 Å². The van der Waals surface area contributed by atoms with Crippen molar-refractivity contribution in [3.63, 3.8) is 0 Å². The summed E-state index contributed by atoms with van der Waals surface area (Å²) in [7, 11) is 0. The number of hydrogen-bond acceptors (Lipinski definition) is 1. The van der Waals surface area contributed by atoms with Crippen LogP contribution in [0.25, 0.3) is 5.57 Å². The van der Waals surface area contributed by atoms with Gasteiger partial charge in [0, 0.05) is 21.2 Å². The van der Waals surface area contributed by atoms with E-state index in [-0.39, 0.29) is 5.91 Å². The smallest absolute Gasteiger partial charge is 0.256 e. The lowest BCUT2D eigenvalue weighted by Gasteiger charge is -2.03. The molecule has 1 amide bonds. The lowest BCUT2D eigenvalue weighted by Crippen LogP contribution is -2.03. The minimum absolute atomic E-state index is 0.122. The fraction of sp³-hybridized carbons (Fsp3) is 0.118. The van der Waals surface area contributed by atoms with Crippen molar-refractivity contribution in [3.8, 4) is 0 Å². The van der Waals surface area contributed by atoms with Gasteiger partial charge in [0.05, 0.1) is 5.69 Å². The number of anilines is 1. The number of benzene rings is 1. The molecule has 1 heterocycles. The highest BCUT2D eigenvalue weighted by molar-refractivity contribution is 6.34. The van der Waals surface area contributed by atoms with Gasteiger partial charge < -0.3 is 5.32 Å². The molecule has 2 nitrogen and oxygen atoms in total. The maximum atomic E-state index is 12.1. The van der Waals surface area contributed by atoms with E-state index >= 15 is 0 Å². The van der Waals surface area contributed by atoms with Gasteiger partial charge in [0.25, 0.3) is 5.91 Å². The Hall–Kier alpha value is -1.77. The zero-order valence-corrected chi connectivity index (χ0v) is 12.7. The number of allylic oxidation sites excluding steroid dienone is 7. The minimum Gasteiger partial charge on any atom is -0.321 e. The second-order valence-electron chi connectivity index (χ2n) is 4.93. The van der Waals surface area contributed by atoms with E-state index in [0.717, 1.165) is 34.7 Å². The van der Waals surface area contributed by atoms with Crippen molar-refractivity contribution in [2.75, 3.05) is 5.32 Å². The SMILES string of the molecule is O=C1Nc2cc(Cl)ccc2/C1=C\C1=C/C=C\CC/C(Cl)=C\1. The summed E-state index contributed by atoms with van der Waals surface area (Å²) in [4.78, 5) is 12.1. The number of halogens is 2. The third-order valence-corrected chi connectivity index (χ3v) is 3.91. The molecular formula is C17H13Cl2NO. The lowest BCUT2D eigenvalue weighted by molar-refractivity contribution is -0.110. The van der Waals surface area contributed by atoms with E-state index < -0.39 is 0 Å². The Bertz CT molecular complexity index is 726. The monoisotopic (exact) mass is 317 g/mol. The highest BCUT2D eigenvalue weighted by Crippen LogP contribution is 2.34. The second-order valence-corrected chi connectivity index (χ2v) is 5.85. The third-order valence-electron chi connectivity index (χ3n) is 3.37. The van der Waals surface area contributed by atoms with Gasteiger partial charge in [-0.2, -0.15) is 0 Å². The molecule has 1 aromatic rings. The molecule has 0 aromatic heterocycles. The van der Waals surface area contributed by atoms with Crippen LogP contribution in [0.15, 0.2) is 59.2 Å². The quantitative estimate of drug-likeness (QED) is 0.719. The van der Waals surface area contributed by atoms with Crippen molar-refractivity contribution >= 4 is 40.4 Å². The first-order valence-corrected chi connectivity index (χ1v) is 7.45. The number of fused-ring (bicyclic) bond motifs is 1. The van der Waals surface area contributed by atoms with Crippen LogP contribution in [-0.4, -0.2) is 5.91 Å². The molecule has 0 saturated heterocycles. The Morgan fingerprint density at radius 3 is 2.95 bits per heavy atom. The van der Waals surface area contributed by atoms with Crippen LogP contribution in [0.3, 0.4) is 0 Å². The van der Waals surface area contributed by atoms with Crippen LogP contribution in [0.1, 0.15) is 18.4 Å². The highest BCUT2D eigenvalue weighted by Gasteiger charge is 2.24. The van der Waals surface area contributed by atoms with Gasteiger partial charge in [-0.1, -0.05) is 47.5 Å². The summed E-state index contributed by atoms with van der Waals surface area (Å²) in [6, 6.07) is 5.39. The van der Waals surface area contributed by atoms with Crippen LogP contribution in [0.2, 0.25) is 5.02 Å². The average molecular weight is 318 g/mol. The first kappa shape index (κ1) is 14.2. The van der Waals surface area contributed by atoms with E-state index in [0.29, 0.717) is 10.6 Å². The van der Waals surface area contributed by atoms with Crippen LogP contribution in [-0.2, 0) is 4.79 Å². The summed E-state index contributed by atoms with van der Waals surface area (Å²) in [6.45, 7) is 0. The van der Waals surface area contributed by atoms with Crippen LogP contribution < -0.4 is 5.32 Å². The van der Waals surface area contributed by atoms with Crippen molar-refractivity contribution < 1.29 is 4.79 Å². The first-order chi connectivity index (χ1) is 10.1. The zero-order chi connectivity index (χ0) is 14.8. The number of rotatable bonds is 1. The normalized spacial score (nSPS) is 23.5. The molecule has 1 aliphatic carbocycles. The average Bonchev–Trinajstić information content (AvgIpc) is 2.71. The van der Waals surface area contributed by atoms with Crippen molar-refractivity contribution in [3.05, 3.63) is 69.8 Å². The Balaban J connectivity index is 2.04. The molecule has 21 heavy (non-hydrogen) atoms. The number of amides is 1. The lowest BCUT2D eigenvalue weighted by atomic mass is 10.0. The van der Waals surface area contributed by atoms with Gasteiger partial charge in [-0.05, 0) is 42.7 Å². The molecule has 4 heteroatoms. The summed E-state index contributed by atoms with van der Waals surface area (Å²) in [5.74, 6) is -0.122. The van der Waals surface area contributed by atoms with E-state index in [9.17, 15) is 4.79 Å². The third kappa shape index (κ3) is 3.12. The minimum atomic E-state index is -0.122.